The molecule has 1 heterocycles. The highest BCUT2D eigenvalue weighted by Crippen LogP contribution is 2.24. The molecule has 1 fully saturated rings. The number of amides is 3. The topological polar surface area (TPSA) is 184 Å². The summed E-state index contributed by atoms with van der Waals surface area (Å²) in [6, 6.07) is 5.44. The Kier molecular flexibility index (Phi) is 15.1. The summed E-state index contributed by atoms with van der Waals surface area (Å²) in [5.41, 5.74) is 12.8. The van der Waals surface area contributed by atoms with Crippen LogP contribution in [0.3, 0.4) is 0 Å². The third kappa shape index (κ3) is 10.1. The highest BCUT2D eigenvalue weighted by atomic mass is 16.7. The van der Waals surface area contributed by atoms with E-state index in [0.717, 1.165) is 53.1 Å². The van der Waals surface area contributed by atoms with Gasteiger partial charge in [0.2, 0.25) is 24.0 Å². The van der Waals surface area contributed by atoms with E-state index in [0.29, 0.717) is 37.5 Å². The van der Waals surface area contributed by atoms with Crippen molar-refractivity contribution in [2.45, 2.75) is 76.1 Å². The first-order chi connectivity index (χ1) is 22.8. The Labute approximate surface area is 287 Å². The highest BCUT2D eigenvalue weighted by Gasteiger charge is 2.43. The molecule has 12 nitrogen and oxygen atoms in total. The van der Waals surface area contributed by atoms with E-state index in [2.05, 4.69) is 34.2 Å². The maximum absolute atomic E-state index is 12.9. The average molecular weight is 660 g/mol. The summed E-state index contributed by atoms with van der Waals surface area (Å²) in [6.07, 6.45) is -0.810. The van der Waals surface area contributed by atoms with Crippen molar-refractivity contribution in [3.8, 4) is 5.75 Å². The van der Waals surface area contributed by atoms with E-state index in [1.165, 1.54) is 5.46 Å². The third-order valence-corrected chi connectivity index (χ3v) is 9.45. The van der Waals surface area contributed by atoms with Gasteiger partial charge in [-0.15, -0.1) is 16.4 Å². The molecule has 17 heteroatoms. The minimum atomic E-state index is -1.33. The largest absolute Gasteiger partial charge is 0.463 e. The number of anilines is 1. The molecule has 1 aliphatic rings. The van der Waals surface area contributed by atoms with Gasteiger partial charge in [0.05, 0.1) is 12.6 Å². The molecule has 3 rings (SSSR count). The van der Waals surface area contributed by atoms with Crippen LogP contribution in [0.2, 0.25) is 0 Å². The van der Waals surface area contributed by atoms with Gasteiger partial charge < -0.3 is 46.1 Å². The van der Waals surface area contributed by atoms with Crippen molar-refractivity contribution >= 4 is 90.0 Å². The van der Waals surface area contributed by atoms with E-state index in [4.69, 9.17) is 15.2 Å². The van der Waals surface area contributed by atoms with Crippen molar-refractivity contribution in [1.29, 1.82) is 0 Å². The molecule has 2 aromatic rings. The first-order valence-corrected chi connectivity index (χ1v) is 16.9. The van der Waals surface area contributed by atoms with E-state index in [9.17, 15) is 29.7 Å². The summed E-state index contributed by atoms with van der Waals surface area (Å²) in [4.78, 5) is 39.9. The molecule has 0 bridgehead atoms. The Morgan fingerprint density at radius 3 is 2.10 bits per heavy atom. The highest BCUT2D eigenvalue weighted by molar-refractivity contribution is 6.68. The van der Waals surface area contributed by atoms with Gasteiger partial charge in [-0.05, 0) is 37.1 Å². The molecule has 48 heavy (non-hydrogen) atoms. The van der Waals surface area contributed by atoms with E-state index < -0.39 is 37.3 Å². The van der Waals surface area contributed by atoms with Crippen LogP contribution >= 0.6 is 0 Å². The van der Waals surface area contributed by atoms with E-state index in [-0.39, 0.29) is 24.1 Å². The lowest BCUT2D eigenvalue weighted by atomic mass is 9.60. The van der Waals surface area contributed by atoms with Crippen molar-refractivity contribution in [1.82, 2.24) is 10.2 Å². The second kappa shape index (κ2) is 18.5. The Bertz CT molecular complexity index is 1390. The number of aliphatic hydroxyl groups excluding tert-OH is 3. The molecule has 3 amide bonds. The maximum Gasteiger partial charge on any atom is 0.250 e. The summed E-state index contributed by atoms with van der Waals surface area (Å²) in [5, 5.41) is 35.3. The average Bonchev–Trinajstić information content (AvgIpc) is 3.08. The fourth-order valence-electron chi connectivity index (χ4n) is 5.92. The molecule has 256 valence electrons. The molecule has 0 aromatic heterocycles. The number of rotatable bonds is 16. The SMILES string of the molecule is Bc1c(B)c(B)c(C(=O)NCCCCCCN(CCC(=O)Nc2ccc(OC3OC(CO)C(O)C(O)C3N)cc2)C(=O)CC)c(B)c1B. The molecule has 2 aromatic carbocycles. The van der Waals surface area contributed by atoms with Gasteiger partial charge in [-0.1, -0.05) is 30.7 Å². The predicted octanol–water partition coefficient (Wildman–Crippen LogP) is -7.32. The Morgan fingerprint density at radius 1 is 0.896 bits per heavy atom. The number of nitrogens with one attached hydrogen (secondary N) is 2. The molecule has 0 spiro atoms. The summed E-state index contributed by atoms with van der Waals surface area (Å²) in [6.45, 7) is 2.76. The van der Waals surface area contributed by atoms with Crippen LogP contribution in [0.5, 0.6) is 5.75 Å². The quantitative estimate of drug-likeness (QED) is 0.0753. The van der Waals surface area contributed by atoms with Gasteiger partial charge in [-0.3, -0.25) is 14.4 Å². The number of unbranched alkanes of at least 4 members (excludes halogenated alkanes) is 3. The molecule has 1 saturated heterocycles. The number of nitrogens with two attached hydrogens (primary N) is 1. The summed E-state index contributed by atoms with van der Waals surface area (Å²) in [5.74, 6) is 0.0855. The smallest absolute Gasteiger partial charge is 0.250 e. The summed E-state index contributed by atoms with van der Waals surface area (Å²) in [7, 11) is 10.2. The Hall–Kier alpha value is -3.23. The predicted molar refractivity (Wildman–Crippen MR) is 201 cm³/mol. The van der Waals surface area contributed by atoms with Gasteiger partial charge in [-0.25, -0.2) is 0 Å². The van der Waals surface area contributed by atoms with Gasteiger partial charge in [0.25, 0.3) is 0 Å². The van der Waals surface area contributed by atoms with Crippen LogP contribution in [0.4, 0.5) is 5.69 Å². The normalized spacial score (nSPS) is 20.6. The maximum atomic E-state index is 12.9. The molecule has 1 aliphatic heterocycles. The standard InChI is InChI=1S/C31H49B5N4O8/c1-2-20(43)40(13-6-4-3-5-12-38-30(46)21-22(32)24(34)26(36)25(35)23(21)33)14-11-19(42)39-16-7-9-17(10-8-16)47-31-27(37)29(45)28(44)18(15-41)48-31/h7-10,18,27-29,31,41,44-45H,2-6,11-15,32-37H2,1H3,(H,38,46)(H,39,42). The second-order valence-electron chi connectivity index (χ2n) is 12.6. The van der Waals surface area contributed by atoms with Crippen molar-refractivity contribution in [2.24, 2.45) is 5.73 Å². The lowest BCUT2D eigenvalue weighted by Crippen LogP contribution is -2.63. The molecular formula is C31H49B5N4O8. The zero-order valence-electron chi connectivity index (χ0n) is 29.2. The molecule has 5 atom stereocenters. The fraction of sp³-hybridized carbons (Fsp3) is 0.516. The van der Waals surface area contributed by atoms with Crippen molar-refractivity contribution < 1.29 is 39.2 Å². The molecule has 0 radical (unpaired) electrons. The van der Waals surface area contributed by atoms with Gasteiger partial charge in [-0.2, -0.15) is 0 Å². The van der Waals surface area contributed by atoms with Crippen LogP contribution in [0, 0.1) is 0 Å². The van der Waals surface area contributed by atoms with E-state index in [1.54, 1.807) is 36.1 Å². The van der Waals surface area contributed by atoms with E-state index in [1.807, 2.05) is 15.7 Å². The Balaban J connectivity index is 1.38. The van der Waals surface area contributed by atoms with E-state index >= 15 is 0 Å². The van der Waals surface area contributed by atoms with Gasteiger partial charge >= 0.3 is 0 Å². The fourth-order valence-corrected chi connectivity index (χ4v) is 5.92. The van der Waals surface area contributed by atoms with Crippen molar-refractivity contribution in [3.63, 3.8) is 0 Å². The zero-order chi connectivity index (χ0) is 35.5. The number of carbonyl (C=O) groups is 3. The number of ether oxygens (including phenoxy) is 2. The zero-order valence-corrected chi connectivity index (χ0v) is 29.2. The molecular weight excluding hydrogens is 610 g/mol. The minimum Gasteiger partial charge on any atom is -0.463 e. The van der Waals surface area contributed by atoms with Crippen LogP contribution in [-0.2, 0) is 14.3 Å². The summed E-state index contributed by atoms with van der Waals surface area (Å²) < 4.78 is 11.2. The minimum absolute atomic E-state index is 0.00444. The van der Waals surface area contributed by atoms with Crippen LogP contribution in [0.25, 0.3) is 0 Å². The summed E-state index contributed by atoms with van der Waals surface area (Å²) >= 11 is 0. The van der Waals surface area contributed by atoms with Crippen LogP contribution in [-0.4, -0.2) is 134 Å². The number of hydrogen-bond donors (Lipinski definition) is 6. The monoisotopic (exact) mass is 660 g/mol. The first-order valence-electron chi connectivity index (χ1n) is 16.9. The van der Waals surface area contributed by atoms with Crippen molar-refractivity contribution in [2.75, 3.05) is 31.6 Å². The molecule has 0 aliphatic carbocycles. The lowest BCUT2D eigenvalue weighted by Gasteiger charge is -2.40. The van der Waals surface area contributed by atoms with Gasteiger partial charge in [0, 0.05) is 43.7 Å². The van der Waals surface area contributed by atoms with Gasteiger partial charge in [0.1, 0.15) is 63.3 Å². The second-order valence-corrected chi connectivity index (χ2v) is 12.6. The molecule has 0 saturated carbocycles. The third-order valence-electron chi connectivity index (χ3n) is 9.45. The number of nitrogens with zero attached hydrogens (tertiary/aromatic N) is 1. The number of aliphatic hydroxyl groups is 3. The molecule has 7 N–H and O–H groups in total. The van der Waals surface area contributed by atoms with Crippen LogP contribution < -0.4 is 48.4 Å². The van der Waals surface area contributed by atoms with Crippen molar-refractivity contribution in [3.05, 3.63) is 29.8 Å². The number of hydrogen-bond acceptors (Lipinski definition) is 9. The molecule has 5 unspecified atom stereocenters. The van der Waals surface area contributed by atoms with Gasteiger partial charge in [0.15, 0.2) is 0 Å². The lowest BCUT2D eigenvalue weighted by molar-refractivity contribution is -0.239. The Morgan fingerprint density at radius 2 is 1.50 bits per heavy atom. The number of benzene rings is 2. The van der Waals surface area contributed by atoms with Crippen LogP contribution in [0.15, 0.2) is 24.3 Å². The number of carbonyl (C=O) groups excluding carboxylic acids is 3. The first kappa shape index (κ1) is 39.2. The van der Waals surface area contributed by atoms with Crippen LogP contribution in [0.1, 0.15) is 55.8 Å².